The van der Waals surface area contributed by atoms with Gasteiger partial charge in [0.15, 0.2) is 0 Å². The van der Waals surface area contributed by atoms with Crippen LogP contribution < -0.4 is 5.32 Å². The first-order chi connectivity index (χ1) is 8.66. The fraction of sp³-hybridized carbons (Fsp3) is 0.0833. The van der Waals surface area contributed by atoms with Crippen LogP contribution >= 0.6 is 0 Å². The van der Waals surface area contributed by atoms with Crippen molar-refractivity contribution in [3.05, 3.63) is 53.4 Å². The minimum atomic E-state index is -1.00. The average molecular weight is 246 g/mol. The highest BCUT2D eigenvalue weighted by atomic mass is 16.5. The van der Waals surface area contributed by atoms with E-state index in [1.54, 1.807) is 12.1 Å². The molecule has 1 aromatic carbocycles. The number of hydrogen-bond donors (Lipinski definition) is 2. The zero-order valence-corrected chi connectivity index (χ0v) is 9.29. The van der Waals surface area contributed by atoms with Crippen LogP contribution in [-0.4, -0.2) is 22.1 Å². The third-order valence-corrected chi connectivity index (χ3v) is 2.29. The summed E-state index contributed by atoms with van der Waals surface area (Å²) in [6, 6.07) is 7.79. The number of benzene rings is 1. The first-order valence-corrected chi connectivity index (χ1v) is 5.18. The fourth-order valence-corrected chi connectivity index (χ4v) is 1.42. The molecule has 0 atom stereocenters. The molecule has 18 heavy (non-hydrogen) atoms. The molecule has 92 valence electrons. The number of aromatic carboxylic acids is 1. The number of carboxylic acids is 1. The Morgan fingerprint density at radius 3 is 2.83 bits per heavy atom. The predicted molar refractivity (Wildman–Crippen MR) is 61.1 cm³/mol. The molecule has 0 bridgehead atoms. The zero-order valence-electron chi connectivity index (χ0n) is 9.29. The van der Waals surface area contributed by atoms with Crippen LogP contribution in [0.3, 0.4) is 0 Å². The lowest BCUT2D eigenvalue weighted by Gasteiger charge is -2.04. The average Bonchev–Trinajstić information content (AvgIpc) is 2.90. The molecule has 0 unspecified atom stereocenters. The minimum Gasteiger partial charge on any atom is -0.478 e. The highest BCUT2D eigenvalue weighted by molar-refractivity contribution is 5.91. The van der Waals surface area contributed by atoms with Gasteiger partial charge in [0.05, 0.1) is 11.8 Å². The molecule has 2 N–H and O–H groups in total. The van der Waals surface area contributed by atoms with Gasteiger partial charge in [0.1, 0.15) is 0 Å². The second-order valence-corrected chi connectivity index (χ2v) is 3.56. The van der Waals surface area contributed by atoms with Crippen LogP contribution in [0.15, 0.2) is 41.1 Å². The maximum Gasteiger partial charge on any atom is 0.335 e. The number of nitrogens with zero attached hydrogens (tertiary/aromatic N) is 1. The third kappa shape index (κ3) is 2.73. The molecule has 0 radical (unpaired) electrons. The molecule has 0 saturated heterocycles. The van der Waals surface area contributed by atoms with Crippen molar-refractivity contribution >= 4 is 11.9 Å². The van der Waals surface area contributed by atoms with Gasteiger partial charge in [-0.25, -0.2) is 4.79 Å². The first kappa shape index (κ1) is 11.8. The predicted octanol–water partition coefficient (Wildman–Crippen LogP) is 1.30. The van der Waals surface area contributed by atoms with Crippen LogP contribution in [0.4, 0.5) is 0 Å². The highest BCUT2D eigenvalue weighted by Gasteiger charge is 2.09. The van der Waals surface area contributed by atoms with Crippen molar-refractivity contribution in [2.24, 2.45) is 0 Å². The van der Waals surface area contributed by atoms with Gasteiger partial charge in [0.25, 0.3) is 5.91 Å². The fourth-order valence-electron chi connectivity index (χ4n) is 1.42. The molecule has 2 rings (SSSR count). The van der Waals surface area contributed by atoms with Crippen molar-refractivity contribution < 1.29 is 19.2 Å². The second-order valence-electron chi connectivity index (χ2n) is 3.56. The van der Waals surface area contributed by atoms with Crippen molar-refractivity contribution in [2.45, 2.75) is 6.54 Å². The van der Waals surface area contributed by atoms with Crippen LogP contribution in [0, 0.1) is 0 Å². The molecule has 0 aliphatic rings. The summed E-state index contributed by atoms with van der Waals surface area (Å²) < 4.78 is 4.69. The molecule has 0 aliphatic heterocycles. The van der Waals surface area contributed by atoms with E-state index in [0.717, 1.165) is 0 Å². The SMILES string of the molecule is O=C(O)c1cccc(CNC(=O)c2ccno2)c1. The van der Waals surface area contributed by atoms with Gasteiger partial charge in [0, 0.05) is 12.6 Å². The number of nitrogens with one attached hydrogen (secondary N) is 1. The lowest BCUT2D eigenvalue weighted by molar-refractivity contribution is 0.0696. The highest BCUT2D eigenvalue weighted by Crippen LogP contribution is 2.05. The number of hydrogen-bond acceptors (Lipinski definition) is 4. The summed E-state index contributed by atoms with van der Waals surface area (Å²) in [7, 11) is 0. The van der Waals surface area contributed by atoms with Gasteiger partial charge in [-0.3, -0.25) is 4.79 Å². The van der Waals surface area contributed by atoms with Crippen molar-refractivity contribution in [1.82, 2.24) is 10.5 Å². The second kappa shape index (κ2) is 5.13. The Balaban J connectivity index is 2.00. The molecule has 0 aliphatic carbocycles. The van der Waals surface area contributed by atoms with Gasteiger partial charge in [0.2, 0.25) is 5.76 Å². The molecular weight excluding hydrogens is 236 g/mol. The summed E-state index contributed by atoms with van der Waals surface area (Å²) in [5.74, 6) is -1.28. The van der Waals surface area contributed by atoms with Gasteiger partial charge in [-0.15, -0.1) is 0 Å². The quantitative estimate of drug-likeness (QED) is 0.848. The maximum absolute atomic E-state index is 11.5. The first-order valence-electron chi connectivity index (χ1n) is 5.18. The van der Waals surface area contributed by atoms with E-state index in [1.165, 1.54) is 24.4 Å². The van der Waals surface area contributed by atoms with E-state index in [1.807, 2.05) is 0 Å². The third-order valence-electron chi connectivity index (χ3n) is 2.29. The molecule has 1 amide bonds. The summed E-state index contributed by atoms with van der Waals surface area (Å²) in [5.41, 5.74) is 0.879. The van der Waals surface area contributed by atoms with Crippen molar-refractivity contribution in [3.8, 4) is 0 Å². The summed E-state index contributed by atoms with van der Waals surface area (Å²) in [4.78, 5) is 22.3. The smallest absolute Gasteiger partial charge is 0.335 e. The van der Waals surface area contributed by atoms with E-state index < -0.39 is 11.9 Å². The molecular formula is C12H10N2O4. The normalized spacial score (nSPS) is 10.0. The number of aromatic nitrogens is 1. The van der Waals surface area contributed by atoms with Crippen LogP contribution in [0.5, 0.6) is 0 Å². The van der Waals surface area contributed by atoms with Crippen LogP contribution in [-0.2, 0) is 6.54 Å². The monoisotopic (exact) mass is 246 g/mol. The number of carboxylic acid groups (broad SMARTS) is 1. The van der Waals surface area contributed by atoms with Gasteiger partial charge in [-0.2, -0.15) is 0 Å². The lowest BCUT2D eigenvalue weighted by atomic mass is 10.1. The maximum atomic E-state index is 11.5. The van der Waals surface area contributed by atoms with Crippen LogP contribution in [0.1, 0.15) is 26.5 Å². The number of carbonyl (C=O) groups excluding carboxylic acids is 1. The molecule has 1 heterocycles. The Morgan fingerprint density at radius 1 is 1.33 bits per heavy atom. The molecule has 6 nitrogen and oxygen atoms in total. The molecule has 1 aromatic heterocycles. The molecule has 6 heteroatoms. The van der Waals surface area contributed by atoms with Gasteiger partial charge in [-0.05, 0) is 17.7 Å². The van der Waals surface area contributed by atoms with E-state index in [2.05, 4.69) is 15.0 Å². The largest absolute Gasteiger partial charge is 0.478 e. The number of rotatable bonds is 4. The van der Waals surface area contributed by atoms with E-state index in [-0.39, 0.29) is 17.9 Å². The van der Waals surface area contributed by atoms with E-state index >= 15 is 0 Å². The summed E-state index contributed by atoms with van der Waals surface area (Å²) in [6.07, 6.45) is 1.37. The van der Waals surface area contributed by atoms with Crippen LogP contribution in [0.25, 0.3) is 0 Å². The Hall–Kier alpha value is -2.63. The molecule has 0 fully saturated rings. The van der Waals surface area contributed by atoms with Crippen molar-refractivity contribution in [1.29, 1.82) is 0 Å². The van der Waals surface area contributed by atoms with Crippen molar-refractivity contribution in [2.75, 3.05) is 0 Å². The summed E-state index contributed by atoms with van der Waals surface area (Å²) in [6.45, 7) is 0.223. The van der Waals surface area contributed by atoms with Crippen LogP contribution in [0.2, 0.25) is 0 Å². The standard InChI is InChI=1S/C12H10N2O4/c15-11(10-4-5-14-18-10)13-7-8-2-1-3-9(6-8)12(16)17/h1-6H,7H2,(H,13,15)(H,16,17). The van der Waals surface area contributed by atoms with E-state index in [9.17, 15) is 9.59 Å². The van der Waals surface area contributed by atoms with E-state index in [0.29, 0.717) is 5.56 Å². The molecule has 0 saturated carbocycles. The Bertz CT molecular complexity index is 563. The molecule has 0 spiro atoms. The minimum absolute atomic E-state index is 0.115. The van der Waals surface area contributed by atoms with Gasteiger partial charge >= 0.3 is 5.97 Å². The Kier molecular flexibility index (Phi) is 3.38. The zero-order chi connectivity index (χ0) is 13.0. The lowest BCUT2D eigenvalue weighted by Crippen LogP contribution is -2.22. The van der Waals surface area contributed by atoms with Gasteiger partial charge < -0.3 is 14.9 Å². The van der Waals surface area contributed by atoms with Gasteiger partial charge in [-0.1, -0.05) is 17.3 Å². The topological polar surface area (TPSA) is 92.4 Å². The number of amides is 1. The van der Waals surface area contributed by atoms with Crippen molar-refractivity contribution in [3.63, 3.8) is 0 Å². The molecule has 2 aromatic rings. The summed E-state index contributed by atoms with van der Waals surface area (Å²) in [5, 5.41) is 14.9. The Labute approximate surface area is 102 Å². The Morgan fingerprint density at radius 2 is 2.17 bits per heavy atom. The summed E-state index contributed by atoms with van der Waals surface area (Å²) >= 11 is 0. The van der Waals surface area contributed by atoms with E-state index in [4.69, 9.17) is 5.11 Å². The number of carbonyl (C=O) groups is 2.